The Balaban J connectivity index is 2.32. The van der Waals surface area contributed by atoms with E-state index in [0.717, 1.165) is 12.8 Å². The molecule has 0 radical (unpaired) electrons. The van der Waals surface area contributed by atoms with E-state index in [9.17, 15) is 8.42 Å². The quantitative estimate of drug-likeness (QED) is 0.821. The van der Waals surface area contributed by atoms with Gasteiger partial charge in [-0.15, -0.1) is 0 Å². The second-order valence-electron chi connectivity index (χ2n) is 5.35. The molecule has 2 rings (SSSR count). The standard InChI is InChI=1S/C13H20BrN3O3S/c1-3-15-12-11(7-10(14)8-16-12)21(18,19)17-13(2)5-4-6-20-9-13/h7-8,17H,3-6,9H2,1-2H3,(H,15,16). The second kappa shape index (κ2) is 6.60. The van der Waals surface area contributed by atoms with Crippen LogP contribution in [0.5, 0.6) is 0 Å². The number of hydrogen-bond acceptors (Lipinski definition) is 5. The average Bonchev–Trinajstić information content (AvgIpc) is 2.40. The van der Waals surface area contributed by atoms with Gasteiger partial charge in [0.05, 0.1) is 12.1 Å². The molecule has 1 aliphatic rings. The van der Waals surface area contributed by atoms with E-state index in [1.807, 2.05) is 13.8 Å². The lowest BCUT2D eigenvalue weighted by Gasteiger charge is -2.34. The Labute approximate surface area is 133 Å². The van der Waals surface area contributed by atoms with Crippen LogP contribution in [0.1, 0.15) is 26.7 Å². The van der Waals surface area contributed by atoms with E-state index in [1.54, 1.807) is 12.3 Å². The second-order valence-corrected chi connectivity index (χ2v) is 7.92. The summed E-state index contributed by atoms with van der Waals surface area (Å²) in [5.74, 6) is 0.355. The van der Waals surface area contributed by atoms with Gasteiger partial charge in [0.2, 0.25) is 10.0 Å². The predicted molar refractivity (Wildman–Crippen MR) is 84.9 cm³/mol. The lowest BCUT2D eigenvalue weighted by atomic mass is 9.97. The average molecular weight is 378 g/mol. The third-order valence-corrected chi connectivity index (χ3v) is 5.36. The summed E-state index contributed by atoms with van der Waals surface area (Å²) >= 11 is 3.27. The van der Waals surface area contributed by atoms with Gasteiger partial charge in [-0.1, -0.05) is 0 Å². The molecule has 21 heavy (non-hydrogen) atoms. The zero-order valence-electron chi connectivity index (χ0n) is 12.1. The van der Waals surface area contributed by atoms with Gasteiger partial charge in [-0.2, -0.15) is 0 Å². The first-order chi connectivity index (χ1) is 9.86. The highest BCUT2D eigenvalue weighted by Gasteiger charge is 2.34. The van der Waals surface area contributed by atoms with Crippen LogP contribution in [0.25, 0.3) is 0 Å². The van der Waals surface area contributed by atoms with Crippen molar-refractivity contribution in [1.82, 2.24) is 9.71 Å². The molecule has 0 saturated carbocycles. The summed E-state index contributed by atoms with van der Waals surface area (Å²) in [6.45, 7) is 5.41. The van der Waals surface area contributed by atoms with Crippen molar-refractivity contribution < 1.29 is 13.2 Å². The number of ether oxygens (including phenoxy) is 1. The van der Waals surface area contributed by atoms with Crippen LogP contribution in [0.3, 0.4) is 0 Å². The molecule has 0 aliphatic carbocycles. The molecule has 1 atom stereocenters. The molecule has 1 aliphatic heterocycles. The topological polar surface area (TPSA) is 80.3 Å². The SMILES string of the molecule is CCNc1ncc(Br)cc1S(=O)(=O)NC1(C)CCCOC1. The van der Waals surface area contributed by atoms with Gasteiger partial charge >= 0.3 is 0 Å². The first-order valence-electron chi connectivity index (χ1n) is 6.87. The maximum Gasteiger partial charge on any atom is 0.244 e. The van der Waals surface area contributed by atoms with E-state index in [1.165, 1.54) is 0 Å². The third-order valence-electron chi connectivity index (χ3n) is 3.27. The molecule has 8 heteroatoms. The van der Waals surface area contributed by atoms with Crippen molar-refractivity contribution in [3.63, 3.8) is 0 Å². The van der Waals surface area contributed by atoms with E-state index in [4.69, 9.17) is 4.74 Å². The van der Waals surface area contributed by atoms with Gasteiger partial charge < -0.3 is 10.1 Å². The molecule has 0 aromatic carbocycles. The minimum absolute atomic E-state index is 0.144. The van der Waals surface area contributed by atoms with Crippen molar-refractivity contribution in [2.75, 3.05) is 25.1 Å². The minimum Gasteiger partial charge on any atom is -0.380 e. The first kappa shape index (κ1) is 16.7. The summed E-state index contributed by atoms with van der Waals surface area (Å²) in [4.78, 5) is 4.29. The fourth-order valence-electron chi connectivity index (χ4n) is 2.32. The molecule has 0 amide bonds. The molecule has 1 fully saturated rings. The van der Waals surface area contributed by atoms with Crippen molar-refractivity contribution in [3.05, 3.63) is 16.7 Å². The summed E-state index contributed by atoms with van der Waals surface area (Å²) in [6, 6.07) is 1.56. The molecule has 2 heterocycles. The van der Waals surface area contributed by atoms with Crippen LogP contribution in [0.2, 0.25) is 0 Å². The van der Waals surface area contributed by atoms with Crippen LogP contribution < -0.4 is 10.0 Å². The number of nitrogens with one attached hydrogen (secondary N) is 2. The zero-order chi connectivity index (χ0) is 15.5. The Bertz CT molecular complexity index is 601. The maximum absolute atomic E-state index is 12.7. The molecular formula is C13H20BrN3O3S. The normalized spacial score (nSPS) is 23.0. The van der Waals surface area contributed by atoms with Gasteiger partial charge in [-0.05, 0) is 48.7 Å². The number of nitrogens with zero attached hydrogens (tertiary/aromatic N) is 1. The lowest BCUT2D eigenvalue weighted by molar-refractivity contribution is 0.0386. The largest absolute Gasteiger partial charge is 0.380 e. The Morgan fingerprint density at radius 3 is 2.90 bits per heavy atom. The molecule has 1 saturated heterocycles. The van der Waals surface area contributed by atoms with Crippen molar-refractivity contribution in [2.24, 2.45) is 0 Å². The number of rotatable bonds is 5. The number of halogens is 1. The molecule has 1 aromatic heterocycles. The summed E-state index contributed by atoms with van der Waals surface area (Å²) < 4.78 is 34.2. The Morgan fingerprint density at radius 2 is 2.29 bits per heavy atom. The summed E-state index contributed by atoms with van der Waals surface area (Å²) in [7, 11) is -3.68. The fraction of sp³-hybridized carbons (Fsp3) is 0.615. The van der Waals surface area contributed by atoms with Crippen LogP contribution in [-0.4, -0.2) is 38.7 Å². The van der Waals surface area contributed by atoms with Crippen molar-refractivity contribution in [1.29, 1.82) is 0 Å². The van der Waals surface area contributed by atoms with Crippen LogP contribution in [0, 0.1) is 0 Å². The Morgan fingerprint density at radius 1 is 1.52 bits per heavy atom. The van der Waals surface area contributed by atoms with Gasteiger partial charge in [-0.3, -0.25) is 0 Å². The molecule has 0 bridgehead atoms. The summed E-state index contributed by atoms with van der Waals surface area (Å²) in [5.41, 5.74) is -0.580. The smallest absolute Gasteiger partial charge is 0.244 e. The van der Waals surface area contributed by atoms with Crippen LogP contribution in [-0.2, 0) is 14.8 Å². The van der Waals surface area contributed by atoms with E-state index >= 15 is 0 Å². The van der Waals surface area contributed by atoms with Crippen molar-refractivity contribution in [2.45, 2.75) is 37.1 Å². The molecule has 118 valence electrons. The van der Waals surface area contributed by atoms with Crippen LogP contribution in [0.4, 0.5) is 5.82 Å². The highest BCUT2D eigenvalue weighted by molar-refractivity contribution is 9.10. The highest BCUT2D eigenvalue weighted by Crippen LogP contribution is 2.26. The third kappa shape index (κ3) is 4.15. The summed E-state index contributed by atoms with van der Waals surface area (Å²) in [6.07, 6.45) is 3.17. The molecule has 0 spiro atoms. The van der Waals surface area contributed by atoms with Gasteiger partial charge in [-0.25, -0.2) is 18.1 Å². The maximum atomic E-state index is 12.7. The number of hydrogen-bond donors (Lipinski definition) is 2. The molecule has 1 unspecified atom stereocenters. The highest BCUT2D eigenvalue weighted by atomic mass is 79.9. The minimum atomic E-state index is -3.68. The van der Waals surface area contributed by atoms with E-state index in [2.05, 4.69) is 31.0 Å². The molecule has 1 aromatic rings. The van der Waals surface area contributed by atoms with E-state index in [0.29, 0.717) is 30.0 Å². The van der Waals surface area contributed by atoms with Crippen LogP contribution >= 0.6 is 15.9 Å². The van der Waals surface area contributed by atoms with Gasteiger partial charge in [0, 0.05) is 23.8 Å². The molecule has 6 nitrogen and oxygen atoms in total. The van der Waals surface area contributed by atoms with Gasteiger partial charge in [0.1, 0.15) is 10.7 Å². The number of anilines is 1. The zero-order valence-corrected chi connectivity index (χ0v) is 14.6. The van der Waals surface area contributed by atoms with Crippen LogP contribution in [0.15, 0.2) is 21.6 Å². The number of pyridine rings is 1. The number of aromatic nitrogens is 1. The Hall–Kier alpha value is -0.700. The Kier molecular flexibility index (Phi) is 5.24. The lowest BCUT2D eigenvalue weighted by Crippen LogP contribution is -2.51. The van der Waals surface area contributed by atoms with E-state index in [-0.39, 0.29) is 4.90 Å². The monoisotopic (exact) mass is 377 g/mol. The van der Waals surface area contributed by atoms with Crippen molar-refractivity contribution >= 4 is 31.8 Å². The first-order valence-corrected chi connectivity index (χ1v) is 9.15. The van der Waals surface area contributed by atoms with Gasteiger partial charge in [0.25, 0.3) is 0 Å². The fourth-order valence-corrected chi connectivity index (χ4v) is 4.38. The van der Waals surface area contributed by atoms with Gasteiger partial charge in [0.15, 0.2) is 0 Å². The van der Waals surface area contributed by atoms with Crippen molar-refractivity contribution in [3.8, 4) is 0 Å². The molecular weight excluding hydrogens is 358 g/mol. The van der Waals surface area contributed by atoms with E-state index < -0.39 is 15.6 Å². The summed E-state index contributed by atoms with van der Waals surface area (Å²) in [5, 5.41) is 2.98. The predicted octanol–water partition coefficient (Wildman–Crippen LogP) is 2.12. The number of sulfonamides is 1. The molecule has 2 N–H and O–H groups in total.